The van der Waals surface area contributed by atoms with Crippen molar-refractivity contribution in [2.45, 2.75) is 52.0 Å². The summed E-state index contributed by atoms with van der Waals surface area (Å²) >= 11 is 0. The van der Waals surface area contributed by atoms with Crippen molar-refractivity contribution >= 4 is 11.8 Å². The molecule has 1 saturated heterocycles. The molecule has 1 unspecified atom stereocenters. The van der Waals surface area contributed by atoms with Crippen molar-refractivity contribution in [2.24, 2.45) is 5.92 Å². The molecular weight excluding hydrogens is 316 g/mol. The second-order valence-corrected chi connectivity index (χ2v) is 6.89. The Morgan fingerprint density at radius 3 is 2.40 bits per heavy atom. The Morgan fingerprint density at radius 1 is 1.24 bits per heavy atom. The van der Waals surface area contributed by atoms with Crippen LogP contribution in [-0.2, 0) is 16.0 Å². The maximum absolute atomic E-state index is 12.2. The normalized spacial score (nSPS) is 16.5. The molecule has 1 fully saturated rings. The van der Waals surface area contributed by atoms with Crippen LogP contribution in [0, 0.1) is 5.92 Å². The largest absolute Gasteiger partial charge is 0.394 e. The van der Waals surface area contributed by atoms with Crippen LogP contribution in [0.15, 0.2) is 24.3 Å². The monoisotopic (exact) mass is 346 g/mol. The zero-order chi connectivity index (χ0) is 18.2. The number of amides is 2. The number of carbonyl (C=O) groups excluding carboxylic acids is 2. The van der Waals surface area contributed by atoms with Crippen molar-refractivity contribution in [3.63, 3.8) is 0 Å². The third-order valence-corrected chi connectivity index (χ3v) is 5.15. The lowest BCUT2D eigenvalue weighted by Crippen LogP contribution is -2.37. The third-order valence-electron chi connectivity index (χ3n) is 5.15. The van der Waals surface area contributed by atoms with Crippen LogP contribution in [0.1, 0.15) is 56.7 Å². The SMILES string of the molecule is CCc1ccc(C(CO)NC(=O)CCC2CCN(C(C)=O)CC2)cc1. The number of likely N-dealkylation sites (tertiary alicyclic amines) is 1. The van der Waals surface area contributed by atoms with Crippen LogP contribution in [0.2, 0.25) is 0 Å². The first-order valence-electron chi connectivity index (χ1n) is 9.28. The number of hydrogen-bond acceptors (Lipinski definition) is 3. The van der Waals surface area contributed by atoms with Gasteiger partial charge in [0.15, 0.2) is 0 Å². The average Bonchev–Trinajstić information content (AvgIpc) is 2.65. The number of aryl methyl sites for hydroxylation is 1. The van der Waals surface area contributed by atoms with Gasteiger partial charge in [0.05, 0.1) is 12.6 Å². The predicted molar refractivity (Wildman–Crippen MR) is 98.0 cm³/mol. The maximum atomic E-state index is 12.2. The molecule has 138 valence electrons. The van der Waals surface area contributed by atoms with Gasteiger partial charge in [-0.25, -0.2) is 0 Å². The lowest BCUT2D eigenvalue weighted by molar-refractivity contribution is -0.130. The zero-order valence-electron chi connectivity index (χ0n) is 15.3. The Hall–Kier alpha value is -1.88. The molecule has 0 spiro atoms. The standard InChI is InChI=1S/C20H30N2O3/c1-3-16-4-7-18(8-5-16)19(14-23)21-20(25)9-6-17-10-12-22(13-11-17)15(2)24/h4-5,7-8,17,19,23H,3,6,9-14H2,1-2H3,(H,21,25). The van der Waals surface area contributed by atoms with Gasteiger partial charge in [-0.05, 0) is 42.7 Å². The van der Waals surface area contributed by atoms with Crippen LogP contribution in [0.4, 0.5) is 0 Å². The van der Waals surface area contributed by atoms with Crippen molar-refractivity contribution in [2.75, 3.05) is 19.7 Å². The summed E-state index contributed by atoms with van der Waals surface area (Å²) in [6.07, 6.45) is 4.21. The molecule has 0 aliphatic carbocycles. The number of carbonyl (C=O) groups is 2. The van der Waals surface area contributed by atoms with Gasteiger partial charge in [0.25, 0.3) is 0 Å². The van der Waals surface area contributed by atoms with Gasteiger partial charge in [-0.3, -0.25) is 9.59 Å². The molecule has 5 heteroatoms. The summed E-state index contributed by atoms with van der Waals surface area (Å²) in [6, 6.07) is 7.66. The zero-order valence-corrected chi connectivity index (χ0v) is 15.3. The van der Waals surface area contributed by atoms with Crippen molar-refractivity contribution in [1.82, 2.24) is 10.2 Å². The highest BCUT2D eigenvalue weighted by molar-refractivity contribution is 5.76. The summed E-state index contributed by atoms with van der Waals surface area (Å²) in [4.78, 5) is 25.4. The lowest BCUT2D eigenvalue weighted by atomic mass is 9.92. The van der Waals surface area contributed by atoms with E-state index in [9.17, 15) is 14.7 Å². The van der Waals surface area contributed by atoms with E-state index in [1.165, 1.54) is 5.56 Å². The molecule has 25 heavy (non-hydrogen) atoms. The summed E-state index contributed by atoms with van der Waals surface area (Å²) in [5.41, 5.74) is 2.17. The molecule has 0 bridgehead atoms. The third kappa shape index (κ3) is 5.85. The Morgan fingerprint density at radius 2 is 1.88 bits per heavy atom. The minimum atomic E-state index is -0.349. The lowest BCUT2D eigenvalue weighted by Gasteiger charge is -2.31. The van der Waals surface area contributed by atoms with E-state index < -0.39 is 0 Å². The van der Waals surface area contributed by atoms with Crippen molar-refractivity contribution < 1.29 is 14.7 Å². The van der Waals surface area contributed by atoms with E-state index in [2.05, 4.69) is 12.2 Å². The van der Waals surface area contributed by atoms with Crippen molar-refractivity contribution in [3.05, 3.63) is 35.4 Å². The average molecular weight is 346 g/mol. The van der Waals surface area contributed by atoms with Gasteiger partial charge < -0.3 is 15.3 Å². The number of nitrogens with one attached hydrogen (secondary N) is 1. The van der Waals surface area contributed by atoms with E-state index in [4.69, 9.17) is 0 Å². The van der Waals surface area contributed by atoms with Gasteiger partial charge in [-0.15, -0.1) is 0 Å². The van der Waals surface area contributed by atoms with Gasteiger partial charge in [0.2, 0.25) is 11.8 Å². The van der Waals surface area contributed by atoms with Gasteiger partial charge in [-0.2, -0.15) is 0 Å². The second kappa shape index (κ2) is 9.56. The highest BCUT2D eigenvalue weighted by Crippen LogP contribution is 2.22. The van der Waals surface area contributed by atoms with Gasteiger partial charge >= 0.3 is 0 Å². The number of aliphatic hydroxyl groups excluding tert-OH is 1. The van der Waals surface area contributed by atoms with Crippen LogP contribution in [0.25, 0.3) is 0 Å². The number of rotatable bonds is 7. The maximum Gasteiger partial charge on any atom is 0.220 e. The number of hydrogen-bond donors (Lipinski definition) is 2. The summed E-state index contributed by atoms with van der Waals surface area (Å²) in [6.45, 7) is 5.20. The fourth-order valence-corrected chi connectivity index (χ4v) is 3.36. The second-order valence-electron chi connectivity index (χ2n) is 6.89. The molecule has 1 aliphatic rings. The molecule has 2 amide bonds. The topological polar surface area (TPSA) is 69.6 Å². The molecule has 2 rings (SSSR count). The van der Waals surface area contributed by atoms with Crippen LogP contribution in [0.5, 0.6) is 0 Å². The van der Waals surface area contributed by atoms with E-state index in [1.807, 2.05) is 29.2 Å². The summed E-state index contributed by atoms with van der Waals surface area (Å²) in [5.74, 6) is 0.612. The molecule has 1 aromatic carbocycles. The van der Waals surface area contributed by atoms with Gasteiger partial charge in [0, 0.05) is 26.4 Å². The number of nitrogens with zero attached hydrogens (tertiary/aromatic N) is 1. The molecule has 5 nitrogen and oxygen atoms in total. The molecule has 2 N–H and O–H groups in total. The van der Waals surface area contributed by atoms with Crippen LogP contribution in [0.3, 0.4) is 0 Å². The number of piperidine rings is 1. The minimum Gasteiger partial charge on any atom is -0.394 e. The van der Waals surface area contributed by atoms with Crippen molar-refractivity contribution in [3.8, 4) is 0 Å². The van der Waals surface area contributed by atoms with E-state index in [0.29, 0.717) is 12.3 Å². The summed E-state index contributed by atoms with van der Waals surface area (Å²) < 4.78 is 0. The molecule has 0 saturated carbocycles. The van der Waals surface area contributed by atoms with Crippen LogP contribution in [-0.4, -0.2) is 41.5 Å². The summed E-state index contributed by atoms with van der Waals surface area (Å²) in [5, 5.41) is 12.5. The highest BCUT2D eigenvalue weighted by Gasteiger charge is 2.22. The molecule has 1 aromatic rings. The number of aliphatic hydroxyl groups is 1. The van der Waals surface area contributed by atoms with Gasteiger partial charge in [-0.1, -0.05) is 31.2 Å². The molecular formula is C20H30N2O3. The minimum absolute atomic E-state index is 0.0207. The fourth-order valence-electron chi connectivity index (χ4n) is 3.36. The van der Waals surface area contributed by atoms with Gasteiger partial charge in [0.1, 0.15) is 0 Å². The molecule has 0 radical (unpaired) electrons. The molecule has 1 atom stereocenters. The summed E-state index contributed by atoms with van der Waals surface area (Å²) in [7, 11) is 0. The predicted octanol–water partition coefficient (Wildman–Crippen LogP) is 2.44. The van der Waals surface area contributed by atoms with Crippen LogP contribution >= 0.6 is 0 Å². The van der Waals surface area contributed by atoms with E-state index in [0.717, 1.165) is 44.3 Å². The Bertz CT molecular complexity index is 563. The van der Waals surface area contributed by atoms with Crippen molar-refractivity contribution in [1.29, 1.82) is 0 Å². The fraction of sp³-hybridized carbons (Fsp3) is 0.600. The molecule has 1 aliphatic heterocycles. The first-order valence-corrected chi connectivity index (χ1v) is 9.28. The smallest absolute Gasteiger partial charge is 0.220 e. The van der Waals surface area contributed by atoms with E-state index in [1.54, 1.807) is 6.92 Å². The first kappa shape index (κ1) is 19.4. The number of benzene rings is 1. The highest BCUT2D eigenvalue weighted by atomic mass is 16.3. The Kier molecular flexibility index (Phi) is 7.44. The van der Waals surface area contributed by atoms with E-state index >= 15 is 0 Å². The van der Waals surface area contributed by atoms with E-state index in [-0.39, 0.29) is 24.5 Å². The first-order chi connectivity index (χ1) is 12.0. The Labute approximate surface area is 150 Å². The van der Waals surface area contributed by atoms with Crippen LogP contribution < -0.4 is 5.32 Å². The quantitative estimate of drug-likeness (QED) is 0.797. The molecule has 0 aromatic heterocycles. The Balaban J connectivity index is 1.77. The molecule has 1 heterocycles.